The van der Waals surface area contributed by atoms with Crippen LogP contribution in [-0.2, 0) is 0 Å². The average Bonchev–Trinajstić information content (AvgIpc) is 3.12. The van der Waals surface area contributed by atoms with E-state index in [2.05, 4.69) is 31.4 Å². The second-order valence-electron chi connectivity index (χ2n) is 6.43. The molecule has 0 radical (unpaired) electrons. The molecule has 0 aromatic heterocycles. The fraction of sp³-hybridized carbons (Fsp3) is 1.00. The number of hydrogen-bond donors (Lipinski definition) is 1. The van der Waals surface area contributed by atoms with Crippen LogP contribution in [-0.4, -0.2) is 37.6 Å². The van der Waals surface area contributed by atoms with Crippen molar-refractivity contribution in [1.29, 1.82) is 0 Å². The number of nitrogens with zero attached hydrogens (tertiary/aromatic N) is 1. The highest BCUT2D eigenvalue weighted by molar-refractivity contribution is 5.01. The van der Waals surface area contributed by atoms with E-state index in [0.717, 1.165) is 5.92 Å². The van der Waals surface area contributed by atoms with Gasteiger partial charge in [-0.1, -0.05) is 38.5 Å². The first-order valence-corrected chi connectivity index (χ1v) is 7.54. The van der Waals surface area contributed by atoms with Gasteiger partial charge in [-0.15, -0.1) is 0 Å². The minimum absolute atomic E-state index is 0.424. The summed E-state index contributed by atoms with van der Waals surface area (Å²) >= 11 is 0. The standard InChI is InChI=1S/C15H30N2/c1-16-14(12-13-8-9-13)15(17(2)3)10-6-4-5-7-11-15/h13-14,16H,4-12H2,1-3H3. The Kier molecular flexibility index (Phi) is 4.48. The highest BCUT2D eigenvalue weighted by Crippen LogP contribution is 2.41. The Morgan fingerprint density at radius 1 is 1.12 bits per heavy atom. The van der Waals surface area contributed by atoms with Crippen molar-refractivity contribution in [3.63, 3.8) is 0 Å². The number of likely N-dealkylation sites (N-methyl/N-ethyl adjacent to an activating group) is 2. The van der Waals surface area contributed by atoms with Crippen LogP contribution in [0.4, 0.5) is 0 Å². The minimum Gasteiger partial charge on any atom is -0.315 e. The van der Waals surface area contributed by atoms with Gasteiger partial charge in [-0.3, -0.25) is 0 Å². The third-order valence-electron chi connectivity index (χ3n) is 5.12. The summed E-state index contributed by atoms with van der Waals surface area (Å²) in [5, 5.41) is 3.65. The summed E-state index contributed by atoms with van der Waals surface area (Å²) in [4.78, 5) is 2.53. The van der Waals surface area contributed by atoms with Gasteiger partial charge in [-0.05, 0) is 46.3 Å². The van der Waals surface area contributed by atoms with Crippen LogP contribution in [0.15, 0.2) is 0 Å². The summed E-state index contributed by atoms with van der Waals surface area (Å²) in [6.07, 6.45) is 12.8. The molecule has 0 heterocycles. The summed E-state index contributed by atoms with van der Waals surface area (Å²) in [5.41, 5.74) is 0.424. The lowest BCUT2D eigenvalue weighted by molar-refractivity contribution is 0.0772. The van der Waals surface area contributed by atoms with Gasteiger partial charge in [-0.2, -0.15) is 0 Å². The van der Waals surface area contributed by atoms with E-state index in [1.54, 1.807) is 0 Å². The Balaban J connectivity index is 2.10. The molecular weight excluding hydrogens is 208 g/mol. The molecule has 2 aliphatic carbocycles. The molecular formula is C15H30N2. The van der Waals surface area contributed by atoms with Gasteiger partial charge < -0.3 is 10.2 Å². The molecule has 2 nitrogen and oxygen atoms in total. The fourth-order valence-corrected chi connectivity index (χ4v) is 3.74. The summed E-state index contributed by atoms with van der Waals surface area (Å²) in [6.45, 7) is 0. The average molecular weight is 238 g/mol. The van der Waals surface area contributed by atoms with Gasteiger partial charge in [-0.25, -0.2) is 0 Å². The molecule has 0 amide bonds. The lowest BCUT2D eigenvalue weighted by Gasteiger charge is -2.46. The van der Waals surface area contributed by atoms with Gasteiger partial charge in [0.05, 0.1) is 0 Å². The first-order valence-electron chi connectivity index (χ1n) is 7.54. The Bertz CT molecular complexity index is 225. The van der Waals surface area contributed by atoms with Gasteiger partial charge in [0, 0.05) is 11.6 Å². The first kappa shape index (κ1) is 13.4. The molecule has 100 valence electrons. The molecule has 17 heavy (non-hydrogen) atoms. The summed E-state index contributed by atoms with van der Waals surface area (Å²) in [7, 11) is 6.76. The van der Waals surface area contributed by atoms with Crippen LogP contribution in [0.5, 0.6) is 0 Å². The van der Waals surface area contributed by atoms with E-state index in [4.69, 9.17) is 0 Å². The molecule has 1 N–H and O–H groups in total. The molecule has 0 bridgehead atoms. The second-order valence-corrected chi connectivity index (χ2v) is 6.43. The van der Waals surface area contributed by atoms with E-state index in [9.17, 15) is 0 Å². The van der Waals surface area contributed by atoms with E-state index >= 15 is 0 Å². The summed E-state index contributed by atoms with van der Waals surface area (Å²) in [6, 6.07) is 0.697. The summed E-state index contributed by atoms with van der Waals surface area (Å²) < 4.78 is 0. The number of nitrogens with one attached hydrogen (secondary N) is 1. The van der Waals surface area contributed by atoms with Gasteiger partial charge in [0.25, 0.3) is 0 Å². The molecule has 2 fully saturated rings. The predicted octanol–water partition coefficient (Wildman–Crippen LogP) is 3.03. The third-order valence-corrected chi connectivity index (χ3v) is 5.12. The molecule has 0 aliphatic heterocycles. The smallest absolute Gasteiger partial charge is 0.0356 e. The maximum atomic E-state index is 3.65. The number of rotatable bonds is 5. The van der Waals surface area contributed by atoms with Gasteiger partial charge in [0.2, 0.25) is 0 Å². The van der Waals surface area contributed by atoms with Gasteiger partial charge in [0.15, 0.2) is 0 Å². The Morgan fingerprint density at radius 2 is 1.71 bits per heavy atom. The number of hydrogen-bond acceptors (Lipinski definition) is 2. The monoisotopic (exact) mass is 238 g/mol. The Morgan fingerprint density at radius 3 is 2.12 bits per heavy atom. The largest absolute Gasteiger partial charge is 0.315 e. The Hall–Kier alpha value is -0.0800. The fourth-order valence-electron chi connectivity index (χ4n) is 3.74. The molecule has 2 rings (SSSR count). The topological polar surface area (TPSA) is 15.3 Å². The van der Waals surface area contributed by atoms with Gasteiger partial charge >= 0.3 is 0 Å². The normalized spacial score (nSPS) is 26.8. The molecule has 2 saturated carbocycles. The van der Waals surface area contributed by atoms with Crippen LogP contribution in [0, 0.1) is 5.92 Å². The SMILES string of the molecule is CNC(CC1CC1)C1(N(C)C)CCCCCC1. The molecule has 0 aromatic carbocycles. The van der Waals surface area contributed by atoms with Crippen molar-refractivity contribution in [2.45, 2.75) is 69.4 Å². The van der Waals surface area contributed by atoms with E-state index in [0.29, 0.717) is 11.6 Å². The zero-order valence-electron chi connectivity index (χ0n) is 12.0. The predicted molar refractivity (Wildman–Crippen MR) is 74.3 cm³/mol. The highest BCUT2D eigenvalue weighted by atomic mass is 15.2. The third kappa shape index (κ3) is 3.03. The van der Waals surface area contributed by atoms with E-state index in [-0.39, 0.29) is 0 Å². The van der Waals surface area contributed by atoms with Crippen molar-refractivity contribution in [3.05, 3.63) is 0 Å². The van der Waals surface area contributed by atoms with Crippen LogP contribution in [0.3, 0.4) is 0 Å². The lowest BCUT2D eigenvalue weighted by Crippen LogP contribution is -2.58. The molecule has 1 atom stereocenters. The minimum atomic E-state index is 0.424. The molecule has 0 aromatic rings. The quantitative estimate of drug-likeness (QED) is 0.741. The van der Waals surface area contributed by atoms with Crippen LogP contribution in [0.2, 0.25) is 0 Å². The summed E-state index contributed by atoms with van der Waals surface area (Å²) in [5.74, 6) is 1.02. The molecule has 1 unspecified atom stereocenters. The molecule has 0 spiro atoms. The van der Waals surface area contributed by atoms with Crippen molar-refractivity contribution in [2.24, 2.45) is 5.92 Å². The molecule has 0 saturated heterocycles. The lowest BCUT2D eigenvalue weighted by atomic mass is 9.79. The van der Waals surface area contributed by atoms with Crippen molar-refractivity contribution in [3.8, 4) is 0 Å². The van der Waals surface area contributed by atoms with Crippen molar-refractivity contribution in [1.82, 2.24) is 10.2 Å². The zero-order chi connectivity index (χ0) is 12.3. The first-order chi connectivity index (χ1) is 8.19. The van der Waals surface area contributed by atoms with Crippen LogP contribution in [0.1, 0.15) is 57.8 Å². The van der Waals surface area contributed by atoms with E-state index < -0.39 is 0 Å². The molecule has 2 heteroatoms. The zero-order valence-corrected chi connectivity index (χ0v) is 12.0. The van der Waals surface area contributed by atoms with Crippen LogP contribution >= 0.6 is 0 Å². The van der Waals surface area contributed by atoms with Crippen molar-refractivity contribution in [2.75, 3.05) is 21.1 Å². The van der Waals surface area contributed by atoms with Crippen LogP contribution in [0.25, 0.3) is 0 Å². The van der Waals surface area contributed by atoms with E-state index in [1.807, 2.05) is 0 Å². The maximum Gasteiger partial charge on any atom is 0.0356 e. The Labute approximate surface area is 107 Å². The highest BCUT2D eigenvalue weighted by Gasteiger charge is 2.42. The van der Waals surface area contributed by atoms with Crippen molar-refractivity contribution >= 4 is 0 Å². The maximum absolute atomic E-state index is 3.65. The second kappa shape index (κ2) is 5.71. The van der Waals surface area contributed by atoms with Crippen LogP contribution < -0.4 is 5.32 Å². The molecule has 2 aliphatic rings. The van der Waals surface area contributed by atoms with Crippen molar-refractivity contribution < 1.29 is 0 Å². The van der Waals surface area contributed by atoms with E-state index in [1.165, 1.54) is 57.8 Å². The van der Waals surface area contributed by atoms with Gasteiger partial charge in [0.1, 0.15) is 0 Å².